The largest absolute Gasteiger partial charge is 1.00 e. The average molecular weight is 190 g/mol. The Morgan fingerprint density at radius 1 is 1.38 bits per heavy atom. The molecular weight excluding hydrogens is 179 g/mol. The molecule has 1 aromatic rings. The molecule has 0 saturated heterocycles. The van der Waals surface area contributed by atoms with E-state index in [4.69, 9.17) is 4.74 Å². The van der Waals surface area contributed by atoms with Crippen LogP contribution in [-0.4, -0.2) is 19.7 Å². The molecule has 0 saturated carbocycles. The number of esters is 1. The van der Waals surface area contributed by atoms with Crippen LogP contribution in [0.15, 0.2) is 30.3 Å². The summed E-state index contributed by atoms with van der Waals surface area (Å²) in [6, 6.07) is 9.12. The fourth-order valence-electron chi connectivity index (χ4n) is 0.718. The van der Waals surface area contributed by atoms with Crippen LogP contribution in [0.25, 0.3) is 0 Å². The molecule has 0 bridgehead atoms. The third-order valence-corrected chi connectivity index (χ3v) is 1.33. The second kappa shape index (κ2) is 6.95. The Morgan fingerprint density at radius 2 is 2.00 bits per heavy atom. The molecule has 66 valence electrons. The zero-order valence-electron chi connectivity index (χ0n) is 8.82. The van der Waals surface area contributed by atoms with E-state index < -0.39 is 0 Å². The van der Waals surface area contributed by atoms with Gasteiger partial charge in [-0.25, -0.2) is 4.79 Å². The molecule has 0 N–H and O–H groups in total. The predicted octanol–water partition coefficient (Wildman–Crippen LogP) is -1.65. The molecule has 0 aliphatic carbocycles. The summed E-state index contributed by atoms with van der Waals surface area (Å²) in [6.07, 6.45) is 0. The normalized spacial score (nSPS) is 8.38. The quantitative estimate of drug-likeness (QED) is 0.423. The maximum atomic E-state index is 10.6. The van der Waals surface area contributed by atoms with E-state index in [-0.39, 0.29) is 43.6 Å². The molecular formula is C9H11NaO3. The smallest absolute Gasteiger partial charge is 1.00 e. The van der Waals surface area contributed by atoms with Gasteiger partial charge in [0.2, 0.25) is 0 Å². The standard InChI is InChI=1S/C9H10O3.Na.H/c1-11-9(10)7-12-8-5-3-2-4-6-8;;/h2-6H,7H2,1H3;;/q;+1;-1. The monoisotopic (exact) mass is 190 g/mol. The zero-order chi connectivity index (χ0) is 8.81. The van der Waals surface area contributed by atoms with Gasteiger partial charge in [-0.2, -0.15) is 0 Å². The molecule has 0 unspecified atom stereocenters. The van der Waals surface area contributed by atoms with Gasteiger partial charge < -0.3 is 10.9 Å². The first kappa shape index (κ1) is 12.5. The van der Waals surface area contributed by atoms with Crippen LogP contribution in [0.3, 0.4) is 0 Å². The van der Waals surface area contributed by atoms with E-state index in [2.05, 4.69) is 4.74 Å². The molecule has 3 nitrogen and oxygen atoms in total. The van der Waals surface area contributed by atoms with Gasteiger partial charge in [-0.3, -0.25) is 0 Å². The maximum Gasteiger partial charge on any atom is 1.00 e. The number of para-hydroxylation sites is 1. The molecule has 0 atom stereocenters. The molecule has 1 rings (SSSR count). The van der Waals surface area contributed by atoms with Crippen molar-refractivity contribution in [1.82, 2.24) is 0 Å². The van der Waals surface area contributed by atoms with Gasteiger partial charge in [0.25, 0.3) is 0 Å². The Hall–Kier alpha value is -0.510. The molecule has 0 amide bonds. The Morgan fingerprint density at radius 3 is 2.54 bits per heavy atom. The van der Waals surface area contributed by atoms with Gasteiger partial charge in [0.05, 0.1) is 7.11 Å². The summed E-state index contributed by atoms with van der Waals surface area (Å²) in [5, 5.41) is 0. The molecule has 0 aromatic heterocycles. The van der Waals surface area contributed by atoms with E-state index in [1.807, 2.05) is 18.2 Å². The molecule has 0 radical (unpaired) electrons. The third-order valence-electron chi connectivity index (χ3n) is 1.33. The minimum Gasteiger partial charge on any atom is -1.00 e. The molecule has 0 fully saturated rings. The van der Waals surface area contributed by atoms with Gasteiger partial charge in [0, 0.05) is 0 Å². The zero-order valence-corrected chi connectivity index (χ0v) is 9.82. The summed E-state index contributed by atoms with van der Waals surface area (Å²) in [5.41, 5.74) is 0. The van der Waals surface area contributed by atoms with Crippen LogP contribution in [0.2, 0.25) is 0 Å². The van der Waals surface area contributed by atoms with Crippen molar-refractivity contribution in [1.29, 1.82) is 0 Å². The van der Waals surface area contributed by atoms with E-state index in [0.29, 0.717) is 5.75 Å². The molecule has 1 aromatic carbocycles. The Kier molecular flexibility index (Phi) is 6.68. The van der Waals surface area contributed by atoms with Crippen LogP contribution in [0.5, 0.6) is 5.75 Å². The topological polar surface area (TPSA) is 35.5 Å². The molecule has 0 spiro atoms. The summed E-state index contributed by atoms with van der Waals surface area (Å²) in [6.45, 7) is -0.0412. The van der Waals surface area contributed by atoms with Gasteiger partial charge >= 0.3 is 35.5 Å². The van der Waals surface area contributed by atoms with Gasteiger partial charge in [-0.15, -0.1) is 0 Å². The summed E-state index contributed by atoms with van der Waals surface area (Å²) >= 11 is 0. The Labute approximate surface area is 101 Å². The van der Waals surface area contributed by atoms with E-state index in [1.54, 1.807) is 12.1 Å². The van der Waals surface area contributed by atoms with Crippen molar-refractivity contribution in [2.24, 2.45) is 0 Å². The second-order valence-electron chi connectivity index (χ2n) is 2.18. The number of benzene rings is 1. The van der Waals surface area contributed by atoms with Crippen LogP contribution in [-0.2, 0) is 9.53 Å². The van der Waals surface area contributed by atoms with Crippen molar-refractivity contribution in [3.63, 3.8) is 0 Å². The number of hydrogen-bond donors (Lipinski definition) is 0. The SMILES string of the molecule is COC(=O)COc1ccccc1.[H-].[Na+]. The van der Waals surface area contributed by atoms with Gasteiger partial charge in [0.1, 0.15) is 5.75 Å². The van der Waals surface area contributed by atoms with E-state index in [1.165, 1.54) is 7.11 Å². The molecule has 4 heteroatoms. The number of hydrogen-bond acceptors (Lipinski definition) is 3. The summed E-state index contributed by atoms with van der Waals surface area (Å²) < 4.78 is 9.49. The van der Waals surface area contributed by atoms with E-state index in [0.717, 1.165) is 0 Å². The van der Waals surface area contributed by atoms with Gasteiger partial charge in [-0.05, 0) is 12.1 Å². The Balaban J connectivity index is 0. The molecule has 0 aliphatic rings. The minimum absolute atomic E-state index is 0. The van der Waals surface area contributed by atoms with Gasteiger partial charge in [0.15, 0.2) is 6.61 Å². The summed E-state index contributed by atoms with van der Waals surface area (Å²) in [5.74, 6) is 0.293. The van der Waals surface area contributed by atoms with Crippen LogP contribution in [0.1, 0.15) is 1.43 Å². The van der Waals surface area contributed by atoms with E-state index >= 15 is 0 Å². The molecule has 0 aliphatic heterocycles. The van der Waals surface area contributed by atoms with Crippen molar-refractivity contribution in [2.75, 3.05) is 13.7 Å². The Bertz CT molecular complexity index is 253. The first-order valence-electron chi connectivity index (χ1n) is 3.57. The van der Waals surface area contributed by atoms with Crippen molar-refractivity contribution < 1.29 is 45.3 Å². The van der Waals surface area contributed by atoms with Gasteiger partial charge in [-0.1, -0.05) is 18.2 Å². The van der Waals surface area contributed by atoms with Crippen LogP contribution < -0.4 is 34.3 Å². The average Bonchev–Trinajstić information content (AvgIpc) is 2.16. The number of ether oxygens (including phenoxy) is 2. The summed E-state index contributed by atoms with van der Waals surface area (Å²) in [7, 11) is 1.33. The van der Waals surface area contributed by atoms with Crippen molar-refractivity contribution in [2.45, 2.75) is 0 Å². The van der Waals surface area contributed by atoms with Crippen LogP contribution >= 0.6 is 0 Å². The van der Waals surface area contributed by atoms with Crippen molar-refractivity contribution >= 4 is 5.97 Å². The fourth-order valence-corrected chi connectivity index (χ4v) is 0.718. The first-order chi connectivity index (χ1) is 5.83. The number of carbonyl (C=O) groups excluding carboxylic acids is 1. The number of rotatable bonds is 3. The third kappa shape index (κ3) is 4.93. The minimum atomic E-state index is -0.376. The number of carbonyl (C=O) groups is 1. The first-order valence-corrected chi connectivity index (χ1v) is 3.57. The van der Waals surface area contributed by atoms with Crippen LogP contribution in [0.4, 0.5) is 0 Å². The molecule has 13 heavy (non-hydrogen) atoms. The van der Waals surface area contributed by atoms with Crippen molar-refractivity contribution in [3.05, 3.63) is 30.3 Å². The summed E-state index contributed by atoms with van der Waals surface area (Å²) in [4.78, 5) is 10.6. The second-order valence-corrected chi connectivity index (χ2v) is 2.18. The predicted molar refractivity (Wildman–Crippen MR) is 45.1 cm³/mol. The maximum absolute atomic E-state index is 10.6. The van der Waals surface area contributed by atoms with Crippen LogP contribution in [0, 0.1) is 0 Å². The van der Waals surface area contributed by atoms with E-state index in [9.17, 15) is 4.79 Å². The van der Waals surface area contributed by atoms with Crippen molar-refractivity contribution in [3.8, 4) is 5.75 Å². The molecule has 0 heterocycles. The number of methoxy groups -OCH3 is 1. The fraction of sp³-hybridized carbons (Fsp3) is 0.222.